The Hall–Kier alpha value is -1.82. The van der Waals surface area contributed by atoms with Crippen LogP contribution in [0, 0.1) is 12.3 Å². The number of hydrogen-bond acceptors (Lipinski definition) is 2. The Labute approximate surface area is 102 Å². The topological polar surface area (TPSA) is 38.0 Å². The first kappa shape index (κ1) is 11.7. The number of nitrogens with two attached hydrogens (primary N) is 1. The summed E-state index contributed by atoms with van der Waals surface area (Å²) in [7, 11) is 0. The number of fused-ring (bicyclic) bond motifs is 1. The molecule has 1 atom stereocenters. The molecule has 86 valence electrons. The molecule has 0 fully saturated rings. The van der Waals surface area contributed by atoms with Crippen molar-refractivity contribution in [3.8, 4) is 12.3 Å². The van der Waals surface area contributed by atoms with Crippen molar-refractivity contribution in [3.63, 3.8) is 0 Å². The van der Waals surface area contributed by atoms with Gasteiger partial charge in [-0.15, -0.1) is 6.42 Å². The molecule has 0 saturated carbocycles. The van der Waals surface area contributed by atoms with Crippen LogP contribution in [-0.4, -0.2) is 13.1 Å². The minimum Gasteiger partial charge on any atom is -0.329 e. The quantitative estimate of drug-likeness (QED) is 0.780. The lowest BCUT2D eigenvalue weighted by molar-refractivity contribution is 0.583. The standard InChI is InChI=1S/C15H16N2/c1-2-9-17-15(11-16)14-8-7-12-5-3-4-6-13(12)10-14/h1,3-8,10,15,17H,9,11,16H2. The summed E-state index contributed by atoms with van der Waals surface area (Å²) in [6.45, 7) is 1.08. The molecule has 0 aliphatic heterocycles. The van der Waals surface area contributed by atoms with Crippen LogP contribution in [0.3, 0.4) is 0 Å². The van der Waals surface area contributed by atoms with E-state index in [9.17, 15) is 0 Å². The van der Waals surface area contributed by atoms with Crippen molar-refractivity contribution in [1.29, 1.82) is 0 Å². The van der Waals surface area contributed by atoms with Crippen molar-refractivity contribution in [3.05, 3.63) is 48.0 Å². The fraction of sp³-hybridized carbons (Fsp3) is 0.200. The molecular formula is C15H16N2. The first-order valence-corrected chi connectivity index (χ1v) is 5.71. The molecule has 0 aromatic heterocycles. The first-order chi connectivity index (χ1) is 8.35. The normalized spacial score (nSPS) is 12.2. The molecule has 0 heterocycles. The van der Waals surface area contributed by atoms with E-state index >= 15 is 0 Å². The van der Waals surface area contributed by atoms with Gasteiger partial charge in [0.05, 0.1) is 6.54 Å². The average Bonchev–Trinajstić information content (AvgIpc) is 2.39. The summed E-state index contributed by atoms with van der Waals surface area (Å²) in [5.74, 6) is 2.57. The second-order valence-corrected chi connectivity index (χ2v) is 3.98. The average molecular weight is 224 g/mol. The van der Waals surface area contributed by atoms with Gasteiger partial charge in [0, 0.05) is 12.6 Å². The number of hydrogen-bond donors (Lipinski definition) is 2. The molecule has 0 bridgehead atoms. The Bertz CT molecular complexity index is 540. The van der Waals surface area contributed by atoms with Crippen molar-refractivity contribution < 1.29 is 0 Å². The summed E-state index contributed by atoms with van der Waals surface area (Å²) < 4.78 is 0. The number of rotatable bonds is 4. The molecule has 0 aliphatic rings. The Morgan fingerprint density at radius 2 is 1.94 bits per heavy atom. The predicted octanol–water partition coefficient (Wildman–Crippen LogP) is 2.06. The van der Waals surface area contributed by atoms with Crippen LogP contribution in [0.25, 0.3) is 10.8 Å². The van der Waals surface area contributed by atoms with E-state index in [-0.39, 0.29) is 6.04 Å². The van der Waals surface area contributed by atoms with E-state index < -0.39 is 0 Å². The Balaban J connectivity index is 2.31. The molecule has 2 aromatic rings. The van der Waals surface area contributed by atoms with Crippen molar-refractivity contribution in [1.82, 2.24) is 5.32 Å². The Morgan fingerprint density at radius 1 is 1.18 bits per heavy atom. The van der Waals surface area contributed by atoms with Gasteiger partial charge in [0.1, 0.15) is 0 Å². The van der Waals surface area contributed by atoms with Crippen LogP contribution < -0.4 is 11.1 Å². The Morgan fingerprint density at radius 3 is 2.65 bits per heavy atom. The van der Waals surface area contributed by atoms with Gasteiger partial charge in [0.2, 0.25) is 0 Å². The highest BCUT2D eigenvalue weighted by Gasteiger charge is 2.08. The highest BCUT2D eigenvalue weighted by atomic mass is 14.9. The highest BCUT2D eigenvalue weighted by molar-refractivity contribution is 5.83. The van der Waals surface area contributed by atoms with Crippen molar-refractivity contribution in [2.75, 3.05) is 13.1 Å². The fourth-order valence-electron chi connectivity index (χ4n) is 1.94. The van der Waals surface area contributed by atoms with Crippen molar-refractivity contribution in [2.24, 2.45) is 5.73 Å². The molecule has 0 amide bonds. The molecule has 0 aliphatic carbocycles. The lowest BCUT2D eigenvalue weighted by Gasteiger charge is -2.16. The molecule has 2 rings (SSSR count). The van der Waals surface area contributed by atoms with Crippen LogP contribution in [-0.2, 0) is 0 Å². The van der Waals surface area contributed by atoms with Crippen molar-refractivity contribution in [2.45, 2.75) is 6.04 Å². The van der Waals surface area contributed by atoms with Gasteiger partial charge in [-0.3, -0.25) is 5.32 Å². The second-order valence-electron chi connectivity index (χ2n) is 3.98. The van der Waals surface area contributed by atoms with E-state index in [1.807, 2.05) is 12.1 Å². The first-order valence-electron chi connectivity index (χ1n) is 5.71. The van der Waals surface area contributed by atoms with Crippen LogP contribution >= 0.6 is 0 Å². The van der Waals surface area contributed by atoms with Crippen LogP contribution in [0.2, 0.25) is 0 Å². The van der Waals surface area contributed by atoms with Gasteiger partial charge in [0.15, 0.2) is 0 Å². The van der Waals surface area contributed by atoms with Gasteiger partial charge in [-0.25, -0.2) is 0 Å². The maximum Gasteiger partial charge on any atom is 0.0578 e. The largest absolute Gasteiger partial charge is 0.329 e. The maximum absolute atomic E-state index is 5.76. The van der Waals surface area contributed by atoms with E-state index in [0.29, 0.717) is 13.1 Å². The van der Waals surface area contributed by atoms with Crippen LogP contribution in [0.5, 0.6) is 0 Å². The maximum atomic E-state index is 5.76. The number of benzene rings is 2. The zero-order valence-electron chi connectivity index (χ0n) is 9.69. The molecule has 2 aromatic carbocycles. The monoisotopic (exact) mass is 224 g/mol. The smallest absolute Gasteiger partial charge is 0.0578 e. The van der Waals surface area contributed by atoms with Gasteiger partial charge in [0.25, 0.3) is 0 Å². The van der Waals surface area contributed by atoms with Gasteiger partial charge in [-0.1, -0.05) is 42.3 Å². The van der Waals surface area contributed by atoms with E-state index in [2.05, 4.69) is 41.6 Å². The van der Waals surface area contributed by atoms with Crippen LogP contribution in [0.1, 0.15) is 11.6 Å². The molecule has 0 radical (unpaired) electrons. The minimum absolute atomic E-state index is 0.121. The molecule has 3 N–H and O–H groups in total. The molecule has 2 heteroatoms. The number of terminal acetylenes is 1. The van der Waals surface area contributed by atoms with E-state index in [1.165, 1.54) is 16.3 Å². The third kappa shape index (κ3) is 2.65. The van der Waals surface area contributed by atoms with Crippen molar-refractivity contribution >= 4 is 10.8 Å². The second kappa shape index (κ2) is 5.49. The van der Waals surface area contributed by atoms with E-state index in [0.717, 1.165) is 0 Å². The highest BCUT2D eigenvalue weighted by Crippen LogP contribution is 2.19. The summed E-state index contributed by atoms with van der Waals surface area (Å²) >= 11 is 0. The minimum atomic E-state index is 0.121. The zero-order chi connectivity index (χ0) is 12.1. The molecule has 0 saturated heterocycles. The predicted molar refractivity (Wildman–Crippen MR) is 72.6 cm³/mol. The summed E-state index contributed by atoms with van der Waals surface area (Å²) in [5.41, 5.74) is 6.94. The summed E-state index contributed by atoms with van der Waals surface area (Å²) in [4.78, 5) is 0. The van der Waals surface area contributed by atoms with Gasteiger partial charge in [-0.2, -0.15) is 0 Å². The van der Waals surface area contributed by atoms with Crippen LogP contribution in [0.4, 0.5) is 0 Å². The SMILES string of the molecule is C#CCNC(CN)c1ccc2ccccc2c1. The molecular weight excluding hydrogens is 208 g/mol. The fourth-order valence-corrected chi connectivity index (χ4v) is 1.94. The van der Waals surface area contributed by atoms with Gasteiger partial charge < -0.3 is 5.73 Å². The lowest BCUT2D eigenvalue weighted by atomic mass is 10.0. The van der Waals surface area contributed by atoms with Gasteiger partial charge in [-0.05, 0) is 22.4 Å². The number of nitrogens with one attached hydrogen (secondary N) is 1. The lowest BCUT2D eigenvalue weighted by Crippen LogP contribution is -2.28. The Kier molecular flexibility index (Phi) is 3.77. The zero-order valence-corrected chi connectivity index (χ0v) is 9.69. The van der Waals surface area contributed by atoms with Crippen LogP contribution in [0.15, 0.2) is 42.5 Å². The summed E-state index contributed by atoms with van der Waals surface area (Å²) in [6.07, 6.45) is 5.25. The molecule has 1 unspecified atom stereocenters. The van der Waals surface area contributed by atoms with Gasteiger partial charge >= 0.3 is 0 Å². The van der Waals surface area contributed by atoms with E-state index in [4.69, 9.17) is 12.2 Å². The van der Waals surface area contributed by atoms with E-state index in [1.54, 1.807) is 0 Å². The summed E-state index contributed by atoms with van der Waals surface area (Å²) in [5, 5.41) is 5.71. The summed E-state index contributed by atoms with van der Waals surface area (Å²) in [6, 6.07) is 14.8. The molecule has 0 spiro atoms. The third-order valence-corrected chi connectivity index (χ3v) is 2.86. The molecule has 17 heavy (non-hydrogen) atoms. The molecule has 2 nitrogen and oxygen atoms in total. The third-order valence-electron chi connectivity index (χ3n) is 2.86.